The molecule has 2 nitrogen and oxygen atoms in total. The molecule has 0 aromatic rings. The Hall–Kier alpha value is -0.0800. The van der Waals surface area contributed by atoms with Crippen molar-refractivity contribution in [3.05, 3.63) is 0 Å². The molecular formula is C11H24N2. The number of nitrogens with zero attached hydrogens (tertiary/aromatic N) is 2. The minimum atomic E-state index is 0.704. The number of rotatable bonds is 2. The molecule has 0 spiro atoms. The lowest BCUT2D eigenvalue weighted by molar-refractivity contribution is 0.0711. The van der Waals surface area contributed by atoms with Gasteiger partial charge in [-0.2, -0.15) is 0 Å². The van der Waals surface area contributed by atoms with Crippen LogP contribution in [-0.2, 0) is 0 Å². The van der Waals surface area contributed by atoms with Gasteiger partial charge < -0.3 is 4.90 Å². The average molecular weight is 184 g/mol. The monoisotopic (exact) mass is 184 g/mol. The molecule has 2 atom stereocenters. The van der Waals surface area contributed by atoms with Crippen molar-refractivity contribution < 1.29 is 0 Å². The highest BCUT2D eigenvalue weighted by Crippen LogP contribution is 2.21. The van der Waals surface area contributed by atoms with E-state index in [-0.39, 0.29) is 0 Å². The molecule has 1 rings (SSSR count). The summed E-state index contributed by atoms with van der Waals surface area (Å²) in [6, 6.07) is 1.45. The summed E-state index contributed by atoms with van der Waals surface area (Å²) >= 11 is 0. The van der Waals surface area contributed by atoms with Crippen LogP contribution < -0.4 is 0 Å². The maximum Gasteiger partial charge on any atom is 0.0243 e. The molecule has 13 heavy (non-hydrogen) atoms. The fraction of sp³-hybridized carbons (Fsp3) is 1.00. The lowest BCUT2D eigenvalue weighted by Crippen LogP contribution is -2.51. The second kappa shape index (κ2) is 4.43. The van der Waals surface area contributed by atoms with E-state index in [0.717, 1.165) is 12.0 Å². The minimum Gasteiger partial charge on any atom is -0.305 e. The maximum absolute atomic E-state index is 2.59. The number of likely N-dealkylation sites (tertiary alicyclic amines) is 1. The molecule has 0 N–H and O–H groups in total. The van der Waals surface area contributed by atoms with Crippen LogP contribution in [0.15, 0.2) is 0 Å². The molecule has 1 aliphatic rings. The third kappa shape index (κ3) is 2.68. The molecule has 2 unspecified atom stereocenters. The summed E-state index contributed by atoms with van der Waals surface area (Å²) in [5, 5.41) is 0. The summed E-state index contributed by atoms with van der Waals surface area (Å²) in [6.45, 7) is 9.49. The maximum atomic E-state index is 2.59. The zero-order valence-corrected chi connectivity index (χ0v) is 9.75. The first-order valence-corrected chi connectivity index (χ1v) is 5.43. The van der Waals surface area contributed by atoms with Gasteiger partial charge in [-0.3, -0.25) is 4.90 Å². The Bertz CT molecular complexity index is 154. The molecule has 0 amide bonds. The largest absolute Gasteiger partial charge is 0.305 e. The summed E-state index contributed by atoms with van der Waals surface area (Å²) in [4.78, 5) is 4.96. The van der Waals surface area contributed by atoms with Gasteiger partial charge in [0.05, 0.1) is 0 Å². The summed E-state index contributed by atoms with van der Waals surface area (Å²) < 4.78 is 0. The smallest absolute Gasteiger partial charge is 0.0243 e. The highest BCUT2D eigenvalue weighted by Gasteiger charge is 2.28. The standard InChI is InChI=1S/C11H24N2/c1-9(2)13-7-6-10(3)11(8-13)12(4)5/h9-11H,6-8H2,1-5H3. The molecule has 2 heteroatoms. The van der Waals surface area contributed by atoms with E-state index in [2.05, 4.69) is 44.7 Å². The van der Waals surface area contributed by atoms with Crippen molar-refractivity contribution in [3.8, 4) is 0 Å². The van der Waals surface area contributed by atoms with Crippen LogP contribution in [0.3, 0.4) is 0 Å². The molecule has 0 aliphatic carbocycles. The average Bonchev–Trinajstić information content (AvgIpc) is 2.04. The van der Waals surface area contributed by atoms with E-state index in [0.29, 0.717) is 6.04 Å². The van der Waals surface area contributed by atoms with E-state index in [1.54, 1.807) is 0 Å². The van der Waals surface area contributed by atoms with Crippen molar-refractivity contribution >= 4 is 0 Å². The van der Waals surface area contributed by atoms with Gasteiger partial charge >= 0.3 is 0 Å². The predicted molar refractivity (Wildman–Crippen MR) is 58.0 cm³/mol. The first-order chi connectivity index (χ1) is 6.02. The Morgan fingerprint density at radius 3 is 2.38 bits per heavy atom. The normalized spacial score (nSPS) is 31.6. The van der Waals surface area contributed by atoms with Crippen LogP contribution in [0.4, 0.5) is 0 Å². The predicted octanol–water partition coefficient (Wildman–Crippen LogP) is 1.67. The fourth-order valence-corrected chi connectivity index (χ4v) is 2.21. The van der Waals surface area contributed by atoms with E-state index >= 15 is 0 Å². The molecule has 1 aliphatic heterocycles. The first kappa shape index (κ1) is 11.0. The van der Waals surface area contributed by atoms with Gasteiger partial charge in [0, 0.05) is 18.6 Å². The van der Waals surface area contributed by atoms with Crippen LogP contribution in [0.1, 0.15) is 27.2 Å². The van der Waals surface area contributed by atoms with Crippen LogP contribution in [0, 0.1) is 5.92 Å². The van der Waals surface area contributed by atoms with Gasteiger partial charge in [0.25, 0.3) is 0 Å². The molecule has 0 bridgehead atoms. The Balaban J connectivity index is 2.53. The third-order valence-electron chi connectivity index (χ3n) is 3.34. The summed E-state index contributed by atoms with van der Waals surface area (Å²) in [5.74, 6) is 0.852. The van der Waals surface area contributed by atoms with Gasteiger partial charge in [0.2, 0.25) is 0 Å². The van der Waals surface area contributed by atoms with E-state index in [1.165, 1.54) is 19.5 Å². The van der Waals surface area contributed by atoms with Crippen LogP contribution in [0.5, 0.6) is 0 Å². The second-order valence-electron chi connectivity index (χ2n) is 4.89. The Morgan fingerprint density at radius 1 is 1.31 bits per heavy atom. The molecule has 1 saturated heterocycles. The summed E-state index contributed by atoms with van der Waals surface area (Å²) in [5.41, 5.74) is 0. The molecule has 78 valence electrons. The lowest BCUT2D eigenvalue weighted by atomic mass is 9.92. The van der Waals surface area contributed by atoms with Crippen molar-refractivity contribution in [1.82, 2.24) is 9.80 Å². The van der Waals surface area contributed by atoms with Gasteiger partial charge in [-0.25, -0.2) is 0 Å². The highest BCUT2D eigenvalue weighted by atomic mass is 15.2. The van der Waals surface area contributed by atoms with E-state index in [1.807, 2.05) is 0 Å². The topological polar surface area (TPSA) is 6.48 Å². The molecule has 1 fully saturated rings. The lowest BCUT2D eigenvalue weighted by Gasteiger charge is -2.42. The number of hydrogen-bond acceptors (Lipinski definition) is 2. The first-order valence-electron chi connectivity index (χ1n) is 5.43. The summed E-state index contributed by atoms with van der Waals surface area (Å²) in [6.07, 6.45) is 1.35. The van der Waals surface area contributed by atoms with Crippen LogP contribution >= 0.6 is 0 Å². The molecule has 0 saturated carbocycles. The Kier molecular flexibility index (Phi) is 3.74. The Morgan fingerprint density at radius 2 is 1.92 bits per heavy atom. The SMILES string of the molecule is CC1CCN(C(C)C)CC1N(C)C. The van der Waals surface area contributed by atoms with E-state index in [4.69, 9.17) is 0 Å². The van der Waals surface area contributed by atoms with Crippen molar-refractivity contribution in [2.24, 2.45) is 5.92 Å². The van der Waals surface area contributed by atoms with Gasteiger partial charge in [0.1, 0.15) is 0 Å². The number of hydrogen-bond donors (Lipinski definition) is 0. The molecule has 0 aromatic heterocycles. The number of piperidine rings is 1. The quantitative estimate of drug-likeness (QED) is 0.644. The fourth-order valence-electron chi connectivity index (χ4n) is 2.21. The Labute approximate surface area is 82.9 Å². The zero-order valence-electron chi connectivity index (χ0n) is 9.75. The van der Waals surface area contributed by atoms with E-state index in [9.17, 15) is 0 Å². The van der Waals surface area contributed by atoms with Crippen molar-refractivity contribution in [3.63, 3.8) is 0 Å². The van der Waals surface area contributed by atoms with Crippen LogP contribution in [0.2, 0.25) is 0 Å². The van der Waals surface area contributed by atoms with Crippen molar-refractivity contribution in [2.45, 2.75) is 39.3 Å². The highest BCUT2D eigenvalue weighted by molar-refractivity contribution is 4.84. The van der Waals surface area contributed by atoms with E-state index < -0.39 is 0 Å². The molecular weight excluding hydrogens is 160 g/mol. The van der Waals surface area contributed by atoms with Crippen LogP contribution in [-0.4, -0.2) is 49.1 Å². The number of likely N-dealkylation sites (N-methyl/N-ethyl adjacent to an activating group) is 1. The van der Waals surface area contributed by atoms with Gasteiger partial charge in [0.15, 0.2) is 0 Å². The third-order valence-corrected chi connectivity index (χ3v) is 3.34. The zero-order chi connectivity index (χ0) is 10.0. The van der Waals surface area contributed by atoms with Gasteiger partial charge in [-0.05, 0) is 46.8 Å². The second-order valence-corrected chi connectivity index (χ2v) is 4.89. The van der Waals surface area contributed by atoms with Crippen molar-refractivity contribution in [2.75, 3.05) is 27.2 Å². The molecule has 1 heterocycles. The summed E-state index contributed by atoms with van der Waals surface area (Å²) in [7, 11) is 4.40. The molecule has 0 aromatic carbocycles. The van der Waals surface area contributed by atoms with Crippen molar-refractivity contribution in [1.29, 1.82) is 0 Å². The van der Waals surface area contributed by atoms with Gasteiger partial charge in [-0.15, -0.1) is 0 Å². The van der Waals surface area contributed by atoms with Gasteiger partial charge in [-0.1, -0.05) is 6.92 Å². The molecule has 0 radical (unpaired) electrons. The van der Waals surface area contributed by atoms with Crippen LogP contribution in [0.25, 0.3) is 0 Å². The minimum absolute atomic E-state index is 0.704.